The summed E-state index contributed by atoms with van der Waals surface area (Å²) in [5.41, 5.74) is -0.535. The van der Waals surface area contributed by atoms with Gasteiger partial charge in [0.2, 0.25) is 11.8 Å². The van der Waals surface area contributed by atoms with Gasteiger partial charge in [-0.2, -0.15) is 0 Å². The molecule has 0 bridgehead atoms. The lowest BCUT2D eigenvalue weighted by Gasteiger charge is -2.34. The maximum absolute atomic E-state index is 12.1. The average Bonchev–Trinajstić information content (AvgIpc) is 2.29. The number of likely N-dealkylation sites (N-methyl/N-ethyl adjacent to an activating group) is 1. The minimum absolute atomic E-state index is 0.0330. The fourth-order valence-electron chi connectivity index (χ4n) is 2.23. The standard InChI is InChI=1S/C13H25N3O2/c1-5-14-13(3,4)12(18)15-11-6-8-16(9-7-11)10(2)17/h11,14H,5-9H2,1-4H3,(H,15,18). The zero-order chi connectivity index (χ0) is 13.8. The minimum Gasteiger partial charge on any atom is -0.352 e. The molecule has 0 saturated carbocycles. The topological polar surface area (TPSA) is 61.4 Å². The molecule has 1 aliphatic rings. The number of hydrogen-bond donors (Lipinski definition) is 2. The fourth-order valence-corrected chi connectivity index (χ4v) is 2.23. The van der Waals surface area contributed by atoms with Crippen LogP contribution in [0.5, 0.6) is 0 Å². The van der Waals surface area contributed by atoms with Gasteiger partial charge in [0.15, 0.2) is 0 Å². The lowest BCUT2D eigenvalue weighted by atomic mass is 10.0. The minimum atomic E-state index is -0.535. The van der Waals surface area contributed by atoms with Crippen LogP contribution >= 0.6 is 0 Å². The molecule has 2 amide bonds. The zero-order valence-electron chi connectivity index (χ0n) is 11.9. The van der Waals surface area contributed by atoms with Crippen LogP contribution in [-0.4, -0.2) is 47.9 Å². The van der Waals surface area contributed by atoms with E-state index in [1.54, 1.807) is 6.92 Å². The molecule has 1 aliphatic heterocycles. The van der Waals surface area contributed by atoms with E-state index >= 15 is 0 Å². The molecule has 0 aromatic heterocycles. The molecule has 0 spiro atoms. The highest BCUT2D eigenvalue weighted by molar-refractivity contribution is 5.85. The molecule has 0 aromatic carbocycles. The van der Waals surface area contributed by atoms with E-state index in [2.05, 4.69) is 10.6 Å². The Balaban J connectivity index is 2.41. The molecule has 0 radical (unpaired) electrons. The Hall–Kier alpha value is -1.10. The van der Waals surface area contributed by atoms with Crippen molar-refractivity contribution in [1.82, 2.24) is 15.5 Å². The summed E-state index contributed by atoms with van der Waals surface area (Å²) in [5, 5.41) is 6.23. The van der Waals surface area contributed by atoms with E-state index < -0.39 is 5.54 Å². The van der Waals surface area contributed by atoms with Crippen LogP contribution in [0.1, 0.15) is 40.5 Å². The van der Waals surface area contributed by atoms with Crippen molar-refractivity contribution in [3.8, 4) is 0 Å². The van der Waals surface area contributed by atoms with Crippen molar-refractivity contribution in [1.29, 1.82) is 0 Å². The Morgan fingerprint density at radius 2 is 1.83 bits per heavy atom. The van der Waals surface area contributed by atoms with Crippen LogP contribution in [-0.2, 0) is 9.59 Å². The van der Waals surface area contributed by atoms with Gasteiger partial charge in [-0.05, 0) is 33.2 Å². The number of rotatable bonds is 4. The van der Waals surface area contributed by atoms with E-state index in [9.17, 15) is 9.59 Å². The van der Waals surface area contributed by atoms with E-state index in [1.165, 1.54) is 0 Å². The average molecular weight is 255 g/mol. The van der Waals surface area contributed by atoms with Gasteiger partial charge in [0.1, 0.15) is 0 Å². The molecule has 5 heteroatoms. The van der Waals surface area contributed by atoms with Crippen LogP contribution in [0.2, 0.25) is 0 Å². The van der Waals surface area contributed by atoms with E-state index in [1.807, 2.05) is 25.7 Å². The number of carbonyl (C=O) groups excluding carboxylic acids is 2. The summed E-state index contributed by atoms with van der Waals surface area (Å²) in [6.45, 7) is 9.59. The van der Waals surface area contributed by atoms with Gasteiger partial charge in [0, 0.05) is 26.1 Å². The summed E-state index contributed by atoms with van der Waals surface area (Å²) in [7, 11) is 0. The molecule has 0 aliphatic carbocycles. The highest BCUT2D eigenvalue weighted by Gasteiger charge is 2.29. The predicted molar refractivity (Wildman–Crippen MR) is 71.2 cm³/mol. The lowest BCUT2D eigenvalue weighted by Crippen LogP contribution is -2.56. The summed E-state index contributed by atoms with van der Waals surface area (Å²) in [5.74, 6) is 0.151. The molecule has 1 fully saturated rings. The van der Waals surface area contributed by atoms with Crippen LogP contribution in [0, 0.1) is 0 Å². The molecule has 5 nitrogen and oxygen atoms in total. The maximum atomic E-state index is 12.1. The number of nitrogens with one attached hydrogen (secondary N) is 2. The number of hydrogen-bond acceptors (Lipinski definition) is 3. The van der Waals surface area contributed by atoms with Crippen LogP contribution in [0.15, 0.2) is 0 Å². The first-order valence-corrected chi connectivity index (χ1v) is 6.68. The van der Waals surface area contributed by atoms with Crippen molar-refractivity contribution in [3.63, 3.8) is 0 Å². The van der Waals surface area contributed by atoms with Gasteiger partial charge in [-0.3, -0.25) is 9.59 Å². The molecule has 2 N–H and O–H groups in total. The maximum Gasteiger partial charge on any atom is 0.239 e. The largest absolute Gasteiger partial charge is 0.352 e. The highest BCUT2D eigenvalue weighted by atomic mass is 16.2. The number of likely N-dealkylation sites (tertiary alicyclic amines) is 1. The highest BCUT2D eigenvalue weighted by Crippen LogP contribution is 2.12. The quantitative estimate of drug-likeness (QED) is 0.769. The van der Waals surface area contributed by atoms with E-state index in [4.69, 9.17) is 0 Å². The van der Waals surface area contributed by atoms with Crippen molar-refractivity contribution < 1.29 is 9.59 Å². The van der Waals surface area contributed by atoms with E-state index in [-0.39, 0.29) is 17.9 Å². The molecule has 104 valence electrons. The lowest BCUT2D eigenvalue weighted by molar-refractivity contribution is -0.130. The number of piperidine rings is 1. The smallest absolute Gasteiger partial charge is 0.239 e. The summed E-state index contributed by atoms with van der Waals surface area (Å²) in [6, 6.07) is 0.186. The van der Waals surface area contributed by atoms with Crippen LogP contribution in [0.4, 0.5) is 0 Å². The first kappa shape index (κ1) is 15.0. The van der Waals surface area contributed by atoms with Crippen LogP contribution in [0.25, 0.3) is 0 Å². The van der Waals surface area contributed by atoms with Gasteiger partial charge >= 0.3 is 0 Å². The van der Waals surface area contributed by atoms with Crippen molar-refractivity contribution in [2.75, 3.05) is 19.6 Å². The Bertz CT molecular complexity index is 307. The normalized spacial score (nSPS) is 17.7. The van der Waals surface area contributed by atoms with E-state index in [0.29, 0.717) is 0 Å². The van der Waals surface area contributed by atoms with Gasteiger partial charge in [-0.25, -0.2) is 0 Å². The second-order valence-electron chi connectivity index (χ2n) is 5.41. The monoisotopic (exact) mass is 255 g/mol. The van der Waals surface area contributed by atoms with Gasteiger partial charge in [-0.15, -0.1) is 0 Å². The van der Waals surface area contributed by atoms with Crippen molar-refractivity contribution in [3.05, 3.63) is 0 Å². The van der Waals surface area contributed by atoms with Crippen molar-refractivity contribution in [2.24, 2.45) is 0 Å². The second-order valence-corrected chi connectivity index (χ2v) is 5.41. The third-order valence-electron chi connectivity index (χ3n) is 3.46. The Kier molecular flexibility index (Phi) is 5.14. The van der Waals surface area contributed by atoms with Crippen LogP contribution in [0.3, 0.4) is 0 Å². The molecule has 1 saturated heterocycles. The van der Waals surface area contributed by atoms with Gasteiger partial charge in [0.25, 0.3) is 0 Å². The molecule has 0 unspecified atom stereocenters. The predicted octanol–water partition coefficient (Wildman–Crippen LogP) is 0.502. The molecular formula is C13H25N3O2. The molecular weight excluding hydrogens is 230 g/mol. The summed E-state index contributed by atoms with van der Waals surface area (Å²) >= 11 is 0. The molecule has 0 aromatic rings. The summed E-state index contributed by atoms with van der Waals surface area (Å²) in [6.07, 6.45) is 1.68. The summed E-state index contributed by atoms with van der Waals surface area (Å²) < 4.78 is 0. The molecule has 1 rings (SSSR count). The molecule has 18 heavy (non-hydrogen) atoms. The first-order chi connectivity index (χ1) is 8.36. The second kappa shape index (κ2) is 6.18. The molecule has 1 heterocycles. The first-order valence-electron chi connectivity index (χ1n) is 6.68. The number of nitrogens with zero attached hydrogens (tertiary/aromatic N) is 1. The number of carbonyl (C=O) groups is 2. The third kappa shape index (κ3) is 3.98. The van der Waals surface area contributed by atoms with E-state index in [0.717, 1.165) is 32.5 Å². The summed E-state index contributed by atoms with van der Waals surface area (Å²) in [4.78, 5) is 25.1. The SMILES string of the molecule is CCNC(C)(C)C(=O)NC1CCN(C(C)=O)CC1. The van der Waals surface area contributed by atoms with Gasteiger partial charge in [-0.1, -0.05) is 6.92 Å². The van der Waals surface area contributed by atoms with Crippen molar-refractivity contribution in [2.45, 2.75) is 52.1 Å². The Morgan fingerprint density at radius 1 is 1.28 bits per heavy atom. The third-order valence-corrected chi connectivity index (χ3v) is 3.46. The number of amides is 2. The van der Waals surface area contributed by atoms with Gasteiger partial charge in [0.05, 0.1) is 5.54 Å². The van der Waals surface area contributed by atoms with Gasteiger partial charge < -0.3 is 15.5 Å². The zero-order valence-corrected chi connectivity index (χ0v) is 11.9. The molecule has 0 atom stereocenters. The Labute approximate surface area is 109 Å². The fraction of sp³-hybridized carbons (Fsp3) is 0.846. The van der Waals surface area contributed by atoms with Crippen molar-refractivity contribution >= 4 is 11.8 Å². The Morgan fingerprint density at radius 3 is 2.28 bits per heavy atom. The van der Waals surface area contributed by atoms with Crippen LogP contribution < -0.4 is 10.6 Å².